The number of furan rings is 1. The monoisotopic (exact) mass is 313 g/mol. The van der Waals surface area contributed by atoms with E-state index < -0.39 is 0 Å². The summed E-state index contributed by atoms with van der Waals surface area (Å²) in [5.41, 5.74) is 3.67. The summed E-state index contributed by atoms with van der Waals surface area (Å²) in [7, 11) is 1.88. The SMILES string of the molecule is C/C=C/c1cc2cc(-c3ccc(F)cc3)oc2cc1N(C)S. The van der Waals surface area contributed by atoms with E-state index in [1.54, 1.807) is 16.4 Å². The first-order valence-electron chi connectivity index (χ1n) is 6.97. The number of nitrogens with zero attached hydrogens (tertiary/aromatic N) is 1. The molecule has 1 aromatic heterocycles. The Morgan fingerprint density at radius 3 is 2.50 bits per heavy atom. The first-order chi connectivity index (χ1) is 10.6. The second kappa shape index (κ2) is 5.89. The molecule has 0 bridgehead atoms. The Labute approximate surface area is 134 Å². The lowest BCUT2D eigenvalue weighted by Crippen LogP contribution is -2.02. The van der Waals surface area contributed by atoms with Gasteiger partial charge in [-0.25, -0.2) is 4.39 Å². The van der Waals surface area contributed by atoms with Crippen molar-refractivity contribution in [2.24, 2.45) is 0 Å². The van der Waals surface area contributed by atoms with E-state index >= 15 is 0 Å². The van der Waals surface area contributed by atoms with Gasteiger partial charge in [0.25, 0.3) is 0 Å². The Hall–Kier alpha value is -2.20. The maximum atomic E-state index is 13.0. The molecule has 22 heavy (non-hydrogen) atoms. The normalized spacial score (nSPS) is 11.5. The molecule has 0 aliphatic carbocycles. The van der Waals surface area contributed by atoms with Gasteiger partial charge in [-0.15, -0.1) is 0 Å². The molecule has 2 aromatic carbocycles. The van der Waals surface area contributed by atoms with Gasteiger partial charge in [-0.1, -0.05) is 25.0 Å². The van der Waals surface area contributed by atoms with Crippen LogP contribution >= 0.6 is 12.8 Å². The van der Waals surface area contributed by atoms with Gasteiger partial charge in [0.1, 0.15) is 17.2 Å². The van der Waals surface area contributed by atoms with Crippen molar-refractivity contribution in [3.8, 4) is 11.3 Å². The molecule has 0 spiro atoms. The van der Waals surface area contributed by atoms with E-state index in [-0.39, 0.29) is 5.82 Å². The van der Waals surface area contributed by atoms with E-state index in [1.807, 2.05) is 38.3 Å². The van der Waals surface area contributed by atoms with Gasteiger partial charge in [-0.3, -0.25) is 0 Å². The molecule has 0 radical (unpaired) electrons. The molecule has 0 unspecified atom stereocenters. The molecule has 0 aliphatic rings. The Morgan fingerprint density at radius 2 is 1.86 bits per heavy atom. The summed E-state index contributed by atoms with van der Waals surface area (Å²) in [6.07, 6.45) is 4.02. The van der Waals surface area contributed by atoms with Crippen molar-refractivity contribution in [2.75, 3.05) is 11.4 Å². The van der Waals surface area contributed by atoms with Crippen LogP contribution in [0.5, 0.6) is 0 Å². The van der Waals surface area contributed by atoms with Crippen molar-refractivity contribution in [3.05, 3.63) is 59.9 Å². The quantitative estimate of drug-likeness (QED) is 0.638. The minimum absolute atomic E-state index is 0.255. The number of hydrogen-bond acceptors (Lipinski definition) is 3. The Morgan fingerprint density at radius 1 is 1.14 bits per heavy atom. The predicted molar refractivity (Wildman–Crippen MR) is 93.7 cm³/mol. The molecule has 0 saturated heterocycles. The number of thiol groups is 1. The molecular formula is C18H16FNOS. The first kappa shape index (κ1) is 14.7. The maximum Gasteiger partial charge on any atom is 0.136 e. The standard InChI is InChI=1S/C18H16FNOS/c1-3-4-13-9-14-10-17(12-5-7-15(19)8-6-12)21-18(14)11-16(13)20(2)22/h3-11,22H,1-2H3/b4-3+. The third kappa shape index (κ3) is 2.74. The summed E-state index contributed by atoms with van der Waals surface area (Å²) in [6.45, 7) is 1.98. The van der Waals surface area contributed by atoms with Gasteiger partial charge in [0.15, 0.2) is 0 Å². The zero-order chi connectivity index (χ0) is 15.7. The third-order valence-electron chi connectivity index (χ3n) is 3.49. The minimum atomic E-state index is -0.255. The van der Waals surface area contributed by atoms with Gasteiger partial charge < -0.3 is 8.72 Å². The predicted octanol–water partition coefficient (Wildman–Crippen LogP) is 5.55. The van der Waals surface area contributed by atoms with E-state index in [1.165, 1.54) is 12.1 Å². The molecule has 0 fully saturated rings. The van der Waals surface area contributed by atoms with E-state index in [0.29, 0.717) is 0 Å². The molecule has 3 aromatic rings. The van der Waals surface area contributed by atoms with E-state index in [4.69, 9.17) is 4.42 Å². The summed E-state index contributed by atoms with van der Waals surface area (Å²) < 4.78 is 20.7. The van der Waals surface area contributed by atoms with Gasteiger partial charge in [0.05, 0.1) is 5.69 Å². The van der Waals surface area contributed by atoms with Crippen LogP contribution in [0.4, 0.5) is 10.1 Å². The highest BCUT2D eigenvalue weighted by Crippen LogP contribution is 2.33. The summed E-state index contributed by atoms with van der Waals surface area (Å²) in [4.78, 5) is 0. The largest absolute Gasteiger partial charge is 0.456 e. The Kier molecular flexibility index (Phi) is 3.94. The Balaban J connectivity index is 2.15. The van der Waals surface area contributed by atoms with Gasteiger partial charge in [0, 0.05) is 24.1 Å². The van der Waals surface area contributed by atoms with Crippen LogP contribution in [0.15, 0.2) is 53.0 Å². The molecule has 0 N–H and O–H groups in total. The average Bonchev–Trinajstić information content (AvgIpc) is 2.90. The number of fused-ring (bicyclic) bond motifs is 1. The van der Waals surface area contributed by atoms with Crippen molar-refractivity contribution in [1.82, 2.24) is 0 Å². The summed E-state index contributed by atoms with van der Waals surface area (Å²) in [6, 6.07) is 12.3. The highest BCUT2D eigenvalue weighted by Gasteiger charge is 2.11. The molecule has 2 nitrogen and oxygen atoms in total. The van der Waals surface area contributed by atoms with Crippen LogP contribution in [0.1, 0.15) is 12.5 Å². The van der Waals surface area contributed by atoms with Crippen molar-refractivity contribution >= 4 is 35.5 Å². The van der Waals surface area contributed by atoms with E-state index in [2.05, 4.69) is 18.9 Å². The number of halogens is 1. The highest BCUT2D eigenvalue weighted by molar-refractivity contribution is 7.81. The molecule has 4 heteroatoms. The molecule has 0 aliphatic heterocycles. The van der Waals surface area contributed by atoms with Crippen LogP contribution in [-0.2, 0) is 0 Å². The number of rotatable bonds is 3. The number of allylic oxidation sites excluding steroid dienone is 1. The van der Waals surface area contributed by atoms with Gasteiger partial charge >= 0.3 is 0 Å². The van der Waals surface area contributed by atoms with Crippen LogP contribution in [0.3, 0.4) is 0 Å². The van der Waals surface area contributed by atoms with Gasteiger partial charge in [0.2, 0.25) is 0 Å². The fourth-order valence-electron chi connectivity index (χ4n) is 2.44. The van der Waals surface area contributed by atoms with Crippen molar-refractivity contribution in [3.63, 3.8) is 0 Å². The minimum Gasteiger partial charge on any atom is -0.456 e. The molecule has 0 amide bonds. The van der Waals surface area contributed by atoms with Crippen molar-refractivity contribution < 1.29 is 8.81 Å². The molecule has 1 heterocycles. The zero-order valence-electron chi connectivity index (χ0n) is 12.4. The summed E-state index contributed by atoms with van der Waals surface area (Å²) in [5.74, 6) is 0.467. The van der Waals surface area contributed by atoms with Crippen LogP contribution in [0.2, 0.25) is 0 Å². The number of hydrogen-bond donors (Lipinski definition) is 1. The summed E-state index contributed by atoms with van der Waals surface area (Å²) in [5, 5.41) is 1.01. The summed E-state index contributed by atoms with van der Waals surface area (Å²) >= 11 is 4.38. The third-order valence-corrected chi connectivity index (χ3v) is 3.70. The number of benzene rings is 2. The zero-order valence-corrected chi connectivity index (χ0v) is 13.3. The first-order valence-corrected chi connectivity index (χ1v) is 7.37. The second-order valence-electron chi connectivity index (χ2n) is 5.09. The lowest BCUT2D eigenvalue weighted by atomic mass is 10.1. The maximum absolute atomic E-state index is 13.0. The fourth-order valence-corrected chi connectivity index (χ4v) is 2.62. The smallest absolute Gasteiger partial charge is 0.136 e. The number of anilines is 1. The average molecular weight is 313 g/mol. The van der Waals surface area contributed by atoms with Crippen molar-refractivity contribution in [1.29, 1.82) is 0 Å². The van der Waals surface area contributed by atoms with Crippen LogP contribution in [0, 0.1) is 5.82 Å². The van der Waals surface area contributed by atoms with Crippen LogP contribution < -0.4 is 4.31 Å². The van der Waals surface area contributed by atoms with E-state index in [0.717, 1.165) is 33.5 Å². The van der Waals surface area contributed by atoms with Gasteiger partial charge in [-0.05, 0) is 48.9 Å². The van der Waals surface area contributed by atoms with Gasteiger partial charge in [-0.2, -0.15) is 0 Å². The fraction of sp³-hybridized carbons (Fsp3) is 0.111. The lowest BCUT2D eigenvalue weighted by Gasteiger charge is -2.14. The molecular weight excluding hydrogens is 297 g/mol. The van der Waals surface area contributed by atoms with Crippen LogP contribution in [-0.4, -0.2) is 7.05 Å². The molecule has 0 saturated carbocycles. The van der Waals surface area contributed by atoms with Crippen LogP contribution in [0.25, 0.3) is 28.4 Å². The molecule has 0 atom stereocenters. The molecule has 3 rings (SSSR count). The topological polar surface area (TPSA) is 16.4 Å². The Bertz CT molecular complexity index is 834. The lowest BCUT2D eigenvalue weighted by molar-refractivity contribution is 0.623. The van der Waals surface area contributed by atoms with Crippen molar-refractivity contribution in [2.45, 2.75) is 6.92 Å². The highest BCUT2D eigenvalue weighted by atomic mass is 32.1. The molecule has 112 valence electrons. The second-order valence-corrected chi connectivity index (χ2v) is 5.69. The van der Waals surface area contributed by atoms with E-state index in [9.17, 15) is 4.39 Å².